The first-order valence-corrected chi connectivity index (χ1v) is 15.5. The molecule has 1 aliphatic heterocycles. The number of halogens is 3. The van der Waals surface area contributed by atoms with Crippen molar-refractivity contribution in [1.29, 1.82) is 0 Å². The van der Waals surface area contributed by atoms with Crippen LogP contribution in [0.3, 0.4) is 0 Å². The monoisotopic (exact) mass is 598 g/mol. The highest BCUT2D eigenvalue weighted by Gasteiger charge is 2.53. The Morgan fingerprint density at radius 1 is 1.20 bits per heavy atom. The second-order valence-electron chi connectivity index (χ2n) is 11.4. The minimum atomic E-state index is -2.12. The van der Waals surface area contributed by atoms with Crippen molar-refractivity contribution in [2.24, 2.45) is 10.8 Å². The Morgan fingerprint density at radius 3 is 2.38 bits per heavy atom. The van der Waals surface area contributed by atoms with E-state index in [1.165, 1.54) is 44.7 Å². The third-order valence-electron chi connectivity index (χ3n) is 7.61. The van der Waals surface area contributed by atoms with Gasteiger partial charge >= 0.3 is 5.97 Å². The molecule has 3 aliphatic rings. The summed E-state index contributed by atoms with van der Waals surface area (Å²) >= 11 is 1.77. The molecule has 1 heterocycles. The Bertz CT molecular complexity index is 1230. The number of carbonyl (C=O) groups is 1. The molecule has 1 spiro atoms. The van der Waals surface area contributed by atoms with Crippen molar-refractivity contribution in [1.82, 2.24) is 4.31 Å². The molecule has 0 saturated heterocycles. The number of carboxylic acids is 1. The number of likely N-dealkylation sites (N-methyl/N-ethyl adjacent to an activating group) is 1. The highest BCUT2D eigenvalue weighted by molar-refractivity contribution is 8.00. The first-order chi connectivity index (χ1) is 18.8. The van der Waals surface area contributed by atoms with E-state index in [1.807, 2.05) is 19.2 Å². The lowest BCUT2D eigenvalue weighted by molar-refractivity contribution is -0.148. The molecule has 0 amide bonds. The van der Waals surface area contributed by atoms with Crippen LogP contribution < -0.4 is 9.64 Å². The molecular weight excluding hydrogens is 561 g/mol. The molecule has 0 aromatic heterocycles. The maximum absolute atomic E-state index is 13.6. The number of rotatable bonds is 8. The van der Waals surface area contributed by atoms with E-state index >= 15 is 0 Å². The van der Waals surface area contributed by atoms with Gasteiger partial charge in [-0.15, -0.1) is 11.8 Å². The second-order valence-corrected chi connectivity index (χ2v) is 14.3. The van der Waals surface area contributed by atoms with Crippen molar-refractivity contribution in [2.45, 2.75) is 74.3 Å². The fraction of sp³-hybridized carbons (Fsp3) is 0.552. The van der Waals surface area contributed by atoms with Crippen LogP contribution in [0.4, 0.5) is 24.5 Å². The average molecular weight is 599 g/mol. The van der Waals surface area contributed by atoms with Crippen LogP contribution in [0, 0.1) is 16.6 Å². The minimum absolute atomic E-state index is 0.00738. The lowest BCUT2D eigenvalue weighted by atomic mass is 9.81. The molecule has 5 rings (SSSR count). The molecule has 1 N–H and O–H groups in total. The van der Waals surface area contributed by atoms with Crippen LogP contribution in [-0.4, -0.2) is 58.0 Å². The Kier molecular flexibility index (Phi) is 9.46. The third-order valence-corrected chi connectivity index (χ3v) is 10.3. The predicted octanol–water partition coefficient (Wildman–Crippen LogP) is 7.12. The molecule has 2 aromatic rings. The maximum atomic E-state index is 13.6. The van der Waals surface area contributed by atoms with Crippen molar-refractivity contribution in [3.8, 4) is 5.75 Å². The number of benzene rings is 2. The summed E-state index contributed by atoms with van der Waals surface area (Å²) in [5.74, 6) is -0.658. The van der Waals surface area contributed by atoms with Crippen molar-refractivity contribution >= 4 is 40.1 Å². The molecule has 1 unspecified atom stereocenters. The van der Waals surface area contributed by atoms with E-state index < -0.39 is 28.8 Å². The van der Waals surface area contributed by atoms with E-state index in [0.29, 0.717) is 34.4 Å². The van der Waals surface area contributed by atoms with Crippen molar-refractivity contribution < 1.29 is 32.0 Å². The number of nitrogens with zero attached hydrogens (tertiary/aromatic N) is 2. The van der Waals surface area contributed by atoms with E-state index in [1.54, 1.807) is 42.0 Å². The molecule has 220 valence electrons. The summed E-state index contributed by atoms with van der Waals surface area (Å²) in [4.78, 5) is 15.3. The van der Waals surface area contributed by atoms with E-state index in [4.69, 9.17) is 4.74 Å². The van der Waals surface area contributed by atoms with Crippen LogP contribution in [-0.2, 0) is 15.8 Å². The molecule has 0 radical (unpaired) electrons. The van der Waals surface area contributed by atoms with E-state index in [9.17, 15) is 27.3 Å². The molecular formula is C29H37F3N2O4S2. The Labute approximate surface area is 240 Å². The topological polar surface area (TPSA) is 70.1 Å². The normalized spacial score (nSPS) is 20.3. The summed E-state index contributed by atoms with van der Waals surface area (Å²) in [6.45, 7) is 5.89. The summed E-state index contributed by atoms with van der Waals surface area (Å²) in [6.07, 6.45) is 2.85. The molecule has 2 saturated carbocycles. The third kappa shape index (κ3) is 7.15. The van der Waals surface area contributed by atoms with Gasteiger partial charge in [0, 0.05) is 43.6 Å². The number of hydrogen-bond acceptors (Lipinski definition) is 5. The average Bonchev–Trinajstić information content (AvgIpc) is 3.70. The SMILES string of the molecule is CCC(F)F.CN1CCN(c2ccc(F)cc2)c2cc(SC3CC4(CC4)C3)c(OCC(C)(C)C(=O)O)cc2S1=O. The van der Waals surface area contributed by atoms with Gasteiger partial charge in [0.05, 0.1) is 20.9 Å². The van der Waals surface area contributed by atoms with Gasteiger partial charge < -0.3 is 14.7 Å². The maximum Gasteiger partial charge on any atom is 0.312 e. The van der Waals surface area contributed by atoms with Crippen LogP contribution >= 0.6 is 11.8 Å². The Balaban J connectivity index is 0.000000681. The van der Waals surface area contributed by atoms with Crippen LogP contribution in [0.25, 0.3) is 0 Å². The first kappa shape index (κ1) is 30.7. The fourth-order valence-electron chi connectivity index (χ4n) is 4.66. The van der Waals surface area contributed by atoms with Crippen LogP contribution in [0.15, 0.2) is 46.2 Å². The summed E-state index contributed by atoms with van der Waals surface area (Å²) < 4.78 is 56.5. The fourth-order valence-corrected chi connectivity index (χ4v) is 7.45. The van der Waals surface area contributed by atoms with Crippen molar-refractivity contribution in [3.63, 3.8) is 0 Å². The van der Waals surface area contributed by atoms with Crippen molar-refractivity contribution in [2.75, 3.05) is 31.6 Å². The lowest BCUT2D eigenvalue weighted by Crippen LogP contribution is -2.31. The smallest absolute Gasteiger partial charge is 0.312 e. The minimum Gasteiger partial charge on any atom is -0.491 e. The molecule has 0 bridgehead atoms. The summed E-state index contributed by atoms with van der Waals surface area (Å²) in [7, 11) is 0.395. The summed E-state index contributed by atoms with van der Waals surface area (Å²) in [5, 5.41) is 10.0. The van der Waals surface area contributed by atoms with Gasteiger partial charge in [-0.2, -0.15) is 0 Å². The van der Waals surface area contributed by atoms with Gasteiger partial charge in [-0.25, -0.2) is 21.7 Å². The number of ether oxygens (including phenoxy) is 1. The molecule has 2 aliphatic carbocycles. The zero-order chi connectivity index (χ0) is 29.2. The summed E-state index contributed by atoms with van der Waals surface area (Å²) in [5.41, 5.74) is 1.14. The number of carboxylic acid groups (broad SMARTS) is 1. The van der Waals surface area contributed by atoms with E-state index in [-0.39, 0.29) is 18.8 Å². The highest BCUT2D eigenvalue weighted by Crippen LogP contribution is 2.64. The van der Waals surface area contributed by atoms with Gasteiger partial charge in [0.15, 0.2) is 0 Å². The molecule has 1 atom stereocenters. The number of aliphatic carboxylic acids is 1. The van der Waals surface area contributed by atoms with Gasteiger partial charge in [0.25, 0.3) is 0 Å². The van der Waals surface area contributed by atoms with Gasteiger partial charge in [-0.05, 0) is 75.3 Å². The first-order valence-electron chi connectivity index (χ1n) is 13.5. The standard InChI is InChI=1S/C26H31FN2O4S2.C3H6F2/c1-25(2,24(30)31)16-33-21-13-23-20(12-22(21)34-19-14-26(15-19)8-9-26)29(11-10-28(3)35(23)32)18-6-4-17(27)5-7-18;1-2-3(4)5/h4-7,12-13,19H,8-11,14-16H2,1-3H3,(H,30,31);3H,2H2,1H3. The zero-order valence-electron chi connectivity index (χ0n) is 23.3. The number of thioether (sulfide) groups is 1. The molecule has 6 nitrogen and oxygen atoms in total. The molecule has 2 fully saturated rings. The molecule has 2 aromatic carbocycles. The van der Waals surface area contributed by atoms with Crippen LogP contribution in [0.2, 0.25) is 0 Å². The number of hydrogen-bond donors (Lipinski definition) is 1. The van der Waals surface area contributed by atoms with Gasteiger partial charge in [-0.3, -0.25) is 4.79 Å². The Morgan fingerprint density at radius 2 is 1.82 bits per heavy atom. The Hall–Kier alpha value is -2.24. The van der Waals surface area contributed by atoms with E-state index in [2.05, 4.69) is 4.90 Å². The number of alkyl halides is 2. The van der Waals surface area contributed by atoms with Crippen molar-refractivity contribution in [3.05, 3.63) is 42.2 Å². The number of anilines is 2. The predicted molar refractivity (Wildman–Crippen MR) is 153 cm³/mol. The van der Waals surface area contributed by atoms with Crippen LogP contribution in [0.5, 0.6) is 5.75 Å². The highest BCUT2D eigenvalue weighted by atomic mass is 32.2. The lowest BCUT2D eigenvalue weighted by Gasteiger charge is -2.36. The number of fused-ring (bicyclic) bond motifs is 1. The quantitative estimate of drug-likeness (QED) is 0.349. The van der Waals surface area contributed by atoms with E-state index in [0.717, 1.165) is 16.3 Å². The molecule has 40 heavy (non-hydrogen) atoms. The van der Waals surface area contributed by atoms with Gasteiger partial charge in [0.1, 0.15) is 29.2 Å². The van der Waals surface area contributed by atoms with Gasteiger partial charge in [0.2, 0.25) is 6.43 Å². The summed E-state index contributed by atoms with van der Waals surface area (Å²) in [6, 6.07) is 10.2. The van der Waals surface area contributed by atoms with Gasteiger partial charge in [-0.1, -0.05) is 6.92 Å². The second kappa shape index (κ2) is 12.3. The molecule has 11 heteroatoms. The zero-order valence-corrected chi connectivity index (χ0v) is 24.9. The van der Waals surface area contributed by atoms with Crippen LogP contribution in [0.1, 0.15) is 52.9 Å². The largest absolute Gasteiger partial charge is 0.491 e.